The number of carboxylic acid groups (broad SMARTS) is 1. The van der Waals surface area contributed by atoms with Crippen LogP contribution < -0.4 is 10.2 Å². The highest BCUT2D eigenvalue weighted by atomic mass is 16.4. The number of aromatic nitrogens is 2. The standard InChI is InChI=1S/C25H24N4O3/c1-16(2)17-6-11-21(12-7-17)28(3)24(30)19-8-13-23-26-14-22(29(23)15-19)18-4-9-20(10-5-18)27-25(31)32/h4-16,27H,1-3H3,(H,31,32). The van der Waals surface area contributed by atoms with Gasteiger partial charge in [0.2, 0.25) is 0 Å². The predicted molar refractivity (Wildman–Crippen MR) is 126 cm³/mol. The van der Waals surface area contributed by atoms with Crippen molar-refractivity contribution < 1.29 is 14.7 Å². The van der Waals surface area contributed by atoms with Crippen LogP contribution in [0.1, 0.15) is 35.7 Å². The fourth-order valence-corrected chi connectivity index (χ4v) is 3.56. The van der Waals surface area contributed by atoms with Crippen LogP contribution in [0.15, 0.2) is 73.1 Å². The molecule has 0 unspecified atom stereocenters. The van der Waals surface area contributed by atoms with Gasteiger partial charge in [0, 0.05) is 30.2 Å². The number of amides is 2. The second-order valence-electron chi connectivity index (χ2n) is 7.91. The lowest BCUT2D eigenvalue weighted by Crippen LogP contribution is -2.26. The van der Waals surface area contributed by atoms with Crippen LogP contribution in [-0.2, 0) is 0 Å². The van der Waals surface area contributed by atoms with E-state index in [2.05, 4.69) is 24.1 Å². The van der Waals surface area contributed by atoms with E-state index in [9.17, 15) is 9.59 Å². The molecule has 0 fully saturated rings. The highest BCUT2D eigenvalue weighted by Crippen LogP contribution is 2.25. The fourth-order valence-electron chi connectivity index (χ4n) is 3.56. The van der Waals surface area contributed by atoms with Gasteiger partial charge in [0.1, 0.15) is 5.65 Å². The van der Waals surface area contributed by atoms with Gasteiger partial charge in [-0.3, -0.25) is 14.5 Å². The first-order valence-electron chi connectivity index (χ1n) is 10.3. The largest absolute Gasteiger partial charge is 0.465 e. The fraction of sp³-hybridized carbons (Fsp3) is 0.160. The lowest BCUT2D eigenvalue weighted by atomic mass is 10.0. The zero-order valence-electron chi connectivity index (χ0n) is 18.1. The Labute approximate surface area is 186 Å². The molecule has 0 bridgehead atoms. The molecule has 2 aromatic heterocycles. The highest BCUT2D eigenvalue weighted by Gasteiger charge is 2.16. The third-order valence-electron chi connectivity index (χ3n) is 5.44. The Balaban J connectivity index is 1.63. The first-order chi connectivity index (χ1) is 15.3. The second kappa shape index (κ2) is 8.55. The molecule has 0 saturated heterocycles. The van der Waals surface area contributed by atoms with E-state index in [0.717, 1.165) is 16.9 Å². The van der Waals surface area contributed by atoms with Gasteiger partial charge >= 0.3 is 6.09 Å². The Morgan fingerprint density at radius 1 is 1.00 bits per heavy atom. The van der Waals surface area contributed by atoms with Crippen LogP contribution in [0.4, 0.5) is 16.2 Å². The Morgan fingerprint density at radius 2 is 1.69 bits per heavy atom. The molecule has 0 aliphatic carbocycles. The average Bonchev–Trinajstić information content (AvgIpc) is 3.21. The van der Waals surface area contributed by atoms with Crippen molar-refractivity contribution in [1.29, 1.82) is 0 Å². The minimum atomic E-state index is -1.11. The van der Waals surface area contributed by atoms with Crippen LogP contribution in [0.5, 0.6) is 0 Å². The lowest BCUT2D eigenvalue weighted by molar-refractivity contribution is 0.0992. The highest BCUT2D eigenvalue weighted by molar-refractivity contribution is 6.05. The predicted octanol–water partition coefficient (Wildman–Crippen LogP) is 5.49. The molecular weight excluding hydrogens is 404 g/mol. The number of anilines is 2. The minimum absolute atomic E-state index is 0.121. The number of fused-ring (bicyclic) bond motifs is 1. The van der Waals surface area contributed by atoms with Gasteiger partial charge in [-0.1, -0.05) is 38.1 Å². The van der Waals surface area contributed by atoms with E-state index in [-0.39, 0.29) is 5.91 Å². The van der Waals surface area contributed by atoms with Gasteiger partial charge in [-0.2, -0.15) is 0 Å². The number of hydrogen-bond acceptors (Lipinski definition) is 3. The summed E-state index contributed by atoms with van der Waals surface area (Å²) in [4.78, 5) is 30.0. The van der Waals surface area contributed by atoms with E-state index in [0.29, 0.717) is 22.8 Å². The lowest BCUT2D eigenvalue weighted by Gasteiger charge is -2.18. The monoisotopic (exact) mass is 428 g/mol. The SMILES string of the molecule is CC(C)c1ccc(N(C)C(=O)c2ccc3ncc(-c4ccc(NC(=O)O)cc4)n3c2)cc1. The molecular formula is C25H24N4O3. The molecule has 7 heteroatoms. The third-order valence-corrected chi connectivity index (χ3v) is 5.44. The van der Waals surface area contributed by atoms with Gasteiger partial charge in [0.05, 0.1) is 17.5 Å². The number of benzene rings is 2. The van der Waals surface area contributed by atoms with Gasteiger partial charge in [-0.05, 0) is 47.9 Å². The number of rotatable bonds is 5. The quantitative estimate of drug-likeness (QED) is 0.440. The summed E-state index contributed by atoms with van der Waals surface area (Å²) in [5.74, 6) is 0.311. The maximum atomic E-state index is 13.2. The number of nitrogens with one attached hydrogen (secondary N) is 1. The molecule has 2 aromatic carbocycles. The normalized spacial score (nSPS) is 11.0. The number of carbonyl (C=O) groups is 2. The van der Waals surface area contributed by atoms with Crippen molar-refractivity contribution in [2.24, 2.45) is 0 Å². The van der Waals surface area contributed by atoms with Gasteiger partial charge in [0.25, 0.3) is 5.91 Å². The van der Waals surface area contributed by atoms with E-state index >= 15 is 0 Å². The molecule has 0 spiro atoms. The third kappa shape index (κ3) is 4.18. The van der Waals surface area contributed by atoms with Crippen molar-refractivity contribution in [1.82, 2.24) is 9.38 Å². The van der Waals surface area contributed by atoms with Crippen LogP contribution in [-0.4, -0.2) is 33.5 Å². The number of nitrogens with zero attached hydrogens (tertiary/aromatic N) is 3. The summed E-state index contributed by atoms with van der Waals surface area (Å²) in [5, 5.41) is 11.2. The number of carbonyl (C=O) groups excluding carboxylic acids is 1. The van der Waals surface area contributed by atoms with Crippen LogP contribution >= 0.6 is 0 Å². The Hall–Kier alpha value is -4.13. The zero-order chi connectivity index (χ0) is 22.8. The summed E-state index contributed by atoms with van der Waals surface area (Å²) in [6.07, 6.45) is 2.40. The number of pyridine rings is 1. The molecule has 32 heavy (non-hydrogen) atoms. The molecule has 0 aliphatic heterocycles. The van der Waals surface area contributed by atoms with Crippen LogP contribution in [0.2, 0.25) is 0 Å². The summed E-state index contributed by atoms with van der Waals surface area (Å²) in [6.45, 7) is 4.27. The molecule has 2 N–H and O–H groups in total. The van der Waals surface area contributed by atoms with Gasteiger partial charge < -0.3 is 10.0 Å². The van der Waals surface area contributed by atoms with E-state index in [1.54, 1.807) is 42.5 Å². The van der Waals surface area contributed by atoms with Crippen molar-refractivity contribution in [2.75, 3.05) is 17.3 Å². The molecule has 4 aromatic rings. The summed E-state index contributed by atoms with van der Waals surface area (Å²) >= 11 is 0. The second-order valence-corrected chi connectivity index (χ2v) is 7.91. The van der Waals surface area contributed by atoms with Crippen LogP contribution in [0, 0.1) is 0 Å². The summed E-state index contributed by atoms with van der Waals surface area (Å²) in [5.41, 5.74) is 5.45. The molecule has 0 aliphatic rings. The van der Waals surface area contributed by atoms with E-state index < -0.39 is 6.09 Å². The maximum Gasteiger partial charge on any atom is 0.409 e. The number of imidazole rings is 1. The smallest absolute Gasteiger partial charge is 0.409 e. The molecule has 2 amide bonds. The average molecular weight is 428 g/mol. The molecule has 2 heterocycles. The summed E-state index contributed by atoms with van der Waals surface area (Å²) in [6, 6.07) is 18.6. The van der Waals surface area contributed by atoms with Crippen molar-refractivity contribution >= 4 is 29.0 Å². The van der Waals surface area contributed by atoms with Gasteiger partial charge in [-0.25, -0.2) is 9.78 Å². The van der Waals surface area contributed by atoms with Crippen LogP contribution in [0.3, 0.4) is 0 Å². The number of hydrogen-bond donors (Lipinski definition) is 2. The van der Waals surface area contributed by atoms with E-state index in [1.807, 2.05) is 46.9 Å². The van der Waals surface area contributed by atoms with Crippen molar-refractivity contribution in [3.8, 4) is 11.3 Å². The minimum Gasteiger partial charge on any atom is -0.465 e. The maximum absolute atomic E-state index is 13.2. The summed E-state index contributed by atoms with van der Waals surface area (Å²) in [7, 11) is 1.76. The Bertz CT molecular complexity index is 1280. The van der Waals surface area contributed by atoms with Crippen molar-refractivity contribution in [3.63, 3.8) is 0 Å². The molecule has 0 saturated carbocycles. The molecule has 0 radical (unpaired) electrons. The Morgan fingerprint density at radius 3 is 2.31 bits per heavy atom. The first-order valence-corrected chi connectivity index (χ1v) is 10.3. The van der Waals surface area contributed by atoms with E-state index in [1.165, 1.54) is 5.56 Å². The summed E-state index contributed by atoms with van der Waals surface area (Å²) < 4.78 is 1.86. The molecule has 0 atom stereocenters. The first kappa shape index (κ1) is 21.1. The zero-order valence-corrected chi connectivity index (χ0v) is 18.1. The molecule has 162 valence electrons. The van der Waals surface area contributed by atoms with Gasteiger partial charge in [-0.15, -0.1) is 0 Å². The van der Waals surface area contributed by atoms with Crippen molar-refractivity contribution in [2.45, 2.75) is 19.8 Å². The molecule has 4 rings (SSSR count). The topological polar surface area (TPSA) is 86.9 Å². The van der Waals surface area contributed by atoms with Gasteiger partial charge in [0.15, 0.2) is 0 Å². The molecule has 7 nitrogen and oxygen atoms in total. The van der Waals surface area contributed by atoms with E-state index in [4.69, 9.17) is 5.11 Å². The van der Waals surface area contributed by atoms with Crippen molar-refractivity contribution in [3.05, 3.63) is 84.2 Å². The van der Waals surface area contributed by atoms with Crippen LogP contribution in [0.25, 0.3) is 16.9 Å². The Kier molecular flexibility index (Phi) is 5.64.